The van der Waals surface area contributed by atoms with Crippen LogP contribution in [0.1, 0.15) is 68.5 Å². The van der Waals surface area contributed by atoms with Crippen LogP contribution in [0.3, 0.4) is 0 Å². The summed E-state index contributed by atoms with van der Waals surface area (Å²) in [6, 6.07) is 20.0. The minimum absolute atomic E-state index is 0.0524. The Bertz CT molecular complexity index is 1810. The third-order valence-corrected chi connectivity index (χ3v) is 11.3. The summed E-state index contributed by atoms with van der Waals surface area (Å²) in [5.41, 5.74) is 5.76. The van der Waals surface area contributed by atoms with Crippen molar-refractivity contribution < 1.29 is 18.7 Å². The normalized spacial score (nSPS) is 18.1. The van der Waals surface area contributed by atoms with Crippen LogP contribution >= 0.6 is 23.5 Å². The van der Waals surface area contributed by atoms with Crippen LogP contribution in [0.5, 0.6) is 0 Å². The fraction of sp³-hybridized carbons (Fsp3) is 0.351. The first-order valence-corrected chi connectivity index (χ1v) is 17.6. The van der Waals surface area contributed by atoms with Crippen LogP contribution in [0.2, 0.25) is 0 Å². The number of benzene rings is 3. The molecule has 1 aliphatic rings. The number of thioether (sulfide) groups is 1. The third-order valence-electron chi connectivity index (χ3n) is 8.69. The molecule has 3 heterocycles. The Morgan fingerprint density at radius 3 is 2.87 bits per heavy atom. The van der Waals surface area contributed by atoms with Gasteiger partial charge in [0.25, 0.3) is 0 Å². The first-order valence-electron chi connectivity index (χ1n) is 15.6. The quantitative estimate of drug-likeness (QED) is 0.203. The first-order chi connectivity index (χ1) is 21.7. The molecule has 45 heavy (non-hydrogen) atoms. The van der Waals surface area contributed by atoms with Crippen molar-refractivity contribution in [2.45, 2.75) is 68.6 Å². The van der Waals surface area contributed by atoms with Crippen molar-refractivity contribution in [2.75, 3.05) is 11.5 Å². The molecule has 2 aromatic heterocycles. The van der Waals surface area contributed by atoms with Gasteiger partial charge in [-0.05, 0) is 83.6 Å². The molecule has 234 valence electrons. The zero-order valence-electron chi connectivity index (χ0n) is 25.9. The van der Waals surface area contributed by atoms with E-state index in [4.69, 9.17) is 9.40 Å². The molecule has 4 bridgehead atoms. The number of nitrogens with one attached hydrogen (secondary N) is 1. The highest BCUT2D eigenvalue weighted by atomic mass is 32.2. The second-order valence-electron chi connectivity index (χ2n) is 12.9. The number of H-pyrrole nitrogens is 1. The fourth-order valence-corrected chi connectivity index (χ4v) is 8.44. The second-order valence-corrected chi connectivity index (χ2v) is 15.1. The number of fused-ring (bicyclic) bond motifs is 8. The highest BCUT2D eigenvalue weighted by molar-refractivity contribution is 7.99. The number of aromatic amines is 1. The summed E-state index contributed by atoms with van der Waals surface area (Å²) in [4.78, 5) is 21.4. The number of hydrogen-bond acceptors (Lipinski definition) is 5. The van der Waals surface area contributed by atoms with Crippen LogP contribution in [0.25, 0.3) is 22.2 Å². The lowest BCUT2D eigenvalue weighted by Crippen LogP contribution is -2.16. The molecule has 2 atom stereocenters. The summed E-state index contributed by atoms with van der Waals surface area (Å²) in [6.45, 7) is 6.39. The van der Waals surface area contributed by atoms with Gasteiger partial charge in [0.15, 0.2) is 0 Å². The van der Waals surface area contributed by atoms with E-state index in [1.165, 1.54) is 11.8 Å². The molecule has 3 aromatic carbocycles. The number of carbonyl (C=O) groups is 1. The largest absolute Gasteiger partial charge is 0.481 e. The lowest BCUT2D eigenvalue weighted by atomic mass is 9.85. The number of aromatic nitrogens is 2. The highest BCUT2D eigenvalue weighted by Gasteiger charge is 2.25. The molecule has 6 rings (SSSR count). The van der Waals surface area contributed by atoms with Crippen LogP contribution in [0.4, 0.5) is 4.39 Å². The number of carboxylic acids is 1. The Balaban J connectivity index is 1.38. The van der Waals surface area contributed by atoms with Crippen molar-refractivity contribution in [1.82, 2.24) is 9.97 Å². The molecule has 0 aliphatic carbocycles. The van der Waals surface area contributed by atoms with E-state index in [0.29, 0.717) is 17.2 Å². The number of rotatable bonds is 4. The highest BCUT2D eigenvalue weighted by Crippen LogP contribution is 2.40. The zero-order chi connectivity index (χ0) is 31.6. The van der Waals surface area contributed by atoms with Crippen LogP contribution < -0.4 is 0 Å². The van der Waals surface area contributed by atoms with E-state index in [0.717, 1.165) is 80.9 Å². The maximum atomic E-state index is 15.6. The molecule has 1 aliphatic heterocycles. The van der Waals surface area contributed by atoms with E-state index in [9.17, 15) is 9.90 Å². The Labute approximate surface area is 272 Å². The topological polar surface area (TPSA) is 79.1 Å². The summed E-state index contributed by atoms with van der Waals surface area (Å²) in [5.74, 6) is 1.08. The molecule has 0 radical (unpaired) electrons. The van der Waals surface area contributed by atoms with Crippen LogP contribution in [0.15, 0.2) is 87.3 Å². The Hall–Kier alpha value is -3.49. The van der Waals surface area contributed by atoms with E-state index < -0.39 is 11.9 Å². The number of hydrogen-bond donors (Lipinski definition) is 2. The molecule has 5 nitrogen and oxygen atoms in total. The molecule has 0 saturated carbocycles. The van der Waals surface area contributed by atoms with Gasteiger partial charge in [-0.2, -0.15) is 11.8 Å². The average molecular weight is 643 g/mol. The summed E-state index contributed by atoms with van der Waals surface area (Å²) in [5, 5.41) is 10.5. The van der Waals surface area contributed by atoms with Crippen molar-refractivity contribution in [3.63, 3.8) is 0 Å². The lowest BCUT2D eigenvalue weighted by molar-refractivity contribution is -0.141. The Kier molecular flexibility index (Phi) is 9.43. The predicted molar refractivity (Wildman–Crippen MR) is 182 cm³/mol. The Morgan fingerprint density at radius 1 is 1.18 bits per heavy atom. The van der Waals surface area contributed by atoms with E-state index in [1.54, 1.807) is 19.3 Å². The zero-order valence-corrected chi connectivity index (χ0v) is 27.6. The molecule has 0 saturated heterocycles. The minimum Gasteiger partial charge on any atom is -0.481 e. The molecule has 2 unspecified atom stereocenters. The number of nitrogens with zero attached hydrogens (tertiary/aromatic N) is 1. The van der Waals surface area contributed by atoms with Crippen LogP contribution in [-0.2, 0) is 17.6 Å². The van der Waals surface area contributed by atoms with Gasteiger partial charge in [0.05, 0.1) is 16.7 Å². The SMILES string of the molecule is CC(Cc1cccc(C2CCCC(C)(C)CSCCc3c(c(F)cc4[nH]ccc34)Sc3cccc(c3)-c3coc2n3)c1)C(=O)O. The van der Waals surface area contributed by atoms with Crippen molar-refractivity contribution in [3.05, 3.63) is 102 Å². The molecule has 2 N–H and O–H groups in total. The number of aliphatic carboxylic acids is 1. The van der Waals surface area contributed by atoms with Gasteiger partial charge in [0.1, 0.15) is 17.8 Å². The van der Waals surface area contributed by atoms with Gasteiger partial charge in [-0.3, -0.25) is 4.79 Å². The standard InChI is InChI=1S/C37H39FN2O3S2/c1-23(36(41)42)17-24-7-4-8-25(18-24)28-11-6-14-37(2,3)22-44-16-13-30-29-12-15-39-32(29)20-31(38)34(30)45-27-10-5-9-26(19-27)33-21-43-35(28)40-33/h4-5,7-10,12,15,18-21,23,28,39H,6,11,13-14,16-17,22H2,1-3H3,(H,41,42). The smallest absolute Gasteiger partial charge is 0.306 e. The van der Waals surface area contributed by atoms with Crippen molar-refractivity contribution in [1.29, 1.82) is 0 Å². The lowest BCUT2D eigenvalue weighted by Gasteiger charge is -2.25. The predicted octanol–water partition coefficient (Wildman–Crippen LogP) is 9.99. The van der Waals surface area contributed by atoms with Crippen molar-refractivity contribution in [3.8, 4) is 11.3 Å². The number of aryl methyl sites for hydroxylation is 1. The van der Waals surface area contributed by atoms with Gasteiger partial charge in [-0.25, -0.2) is 9.37 Å². The number of oxazole rings is 1. The van der Waals surface area contributed by atoms with Gasteiger partial charge in [-0.1, -0.05) is 75.4 Å². The summed E-state index contributed by atoms with van der Waals surface area (Å²) in [7, 11) is 0. The van der Waals surface area contributed by atoms with Gasteiger partial charge in [0.2, 0.25) is 5.89 Å². The van der Waals surface area contributed by atoms with Crippen molar-refractivity contribution >= 4 is 40.4 Å². The molecule has 5 aromatic rings. The van der Waals surface area contributed by atoms with Crippen molar-refractivity contribution in [2.24, 2.45) is 11.3 Å². The maximum absolute atomic E-state index is 15.6. The maximum Gasteiger partial charge on any atom is 0.306 e. The minimum atomic E-state index is -0.793. The molecule has 8 heteroatoms. The monoisotopic (exact) mass is 642 g/mol. The van der Waals surface area contributed by atoms with Gasteiger partial charge >= 0.3 is 5.97 Å². The molecular formula is C37H39FN2O3S2. The summed E-state index contributed by atoms with van der Waals surface area (Å²) in [6.07, 6.45) is 7.79. The number of halogens is 1. The molecule has 0 amide bonds. The summed E-state index contributed by atoms with van der Waals surface area (Å²) >= 11 is 3.40. The molecule has 0 fully saturated rings. The molecule has 0 spiro atoms. The van der Waals surface area contributed by atoms with E-state index >= 15 is 4.39 Å². The van der Waals surface area contributed by atoms with Crippen LogP contribution in [0, 0.1) is 17.2 Å². The van der Waals surface area contributed by atoms with Gasteiger partial charge < -0.3 is 14.5 Å². The second kappa shape index (κ2) is 13.5. The van der Waals surface area contributed by atoms with Gasteiger partial charge in [-0.15, -0.1) is 0 Å². The first kappa shape index (κ1) is 31.5. The Morgan fingerprint density at radius 2 is 2.02 bits per heavy atom. The summed E-state index contributed by atoms with van der Waals surface area (Å²) < 4.78 is 21.8. The van der Waals surface area contributed by atoms with Gasteiger partial charge in [0, 0.05) is 27.6 Å². The van der Waals surface area contributed by atoms with E-state index in [2.05, 4.69) is 43.1 Å². The van der Waals surface area contributed by atoms with E-state index in [-0.39, 0.29) is 17.2 Å². The van der Waals surface area contributed by atoms with Crippen LogP contribution in [-0.4, -0.2) is 32.5 Å². The third kappa shape index (κ3) is 7.33. The fourth-order valence-electron chi connectivity index (χ4n) is 6.19. The van der Waals surface area contributed by atoms with E-state index in [1.807, 2.05) is 48.3 Å². The average Bonchev–Trinajstić information content (AvgIpc) is 3.69. The number of carboxylic acid groups (broad SMARTS) is 1. The molecular weight excluding hydrogens is 604 g/mol.